The van der Waals surface area contributed by atoms with Gasteiger partial charge in [0.2, 0.25) is 0 Å². The largest absolute Gasteiger partial charge is 0.464 e. The monoisotopic (exact) mass is 220 g/mol. The average molecular weight is 220 g/mol. The highest BCUT2D eigenvalue weighted by atomic mass is 16.5. The summed E-state index contributed by atoms with van der Waals surface area (Å²) in [6.07, 6.45) is 7.51. The molecule has 0 spiro atoms. The predicted octanol–water partition coefficient (Wildman–Crippen LogP) is 2.93. The first-order valence-electron chi connectivity index (χ1n) is 6.44. The van der Waals surface area contributed by atoms with E-state index in [1.807, 2.05) is 0 Å². The SMILES string of the molecule is CC1=CC[C@@]23CC[C@@H]([C@@H](C)[C@H]2OC=O)[C@H]3C1. The maximum atomic E-state index is 10.7. The highest BCUT2D eigenvalue weighted by Crippen LogP contribution is 2.66. The fourth-order valence-corrected chi connectivity index (χ4v) is 4.82. The minimum absolute atomic E-state index is 0.179. The van der Waals surface area contributed by atoms with Crippen molar-refractivity contribution in [2.24, 2.45) is 23.2 Å². The van der Waals surface area contributed by atoms with E-state index in [0.717, 1.165) is 18.3 Å². The molecule has 3 aliphatic rings. The highest BCUT2D eigenvalue weighted by Gasteiger charge is 2.63. The lowest BCUT2D eigenvalue weighted by atomic mass is 9.68. The van der Waals surface area contributed by atoms with Gasteiger partial charge in [0.05, 0.1) is 0 Å². The Kier molecular flexibility index (Phi) is 2.17. The van der Waals surface area contributed by atoms with E-state index in [9.17, 15) is 4.79 Å². The summed E-state index contributed by atoms with van der Waals surface area (Å²) in [4.78, 5) is 10.7. The first kappa shape index (κ1) is 10.4. The quantitative estimate of drug-likeness (QED) is 0.528. The van der Waals surface area contributed by atoms with Crippen LogP contribution in [-0.2, 0) is 9.53 Å². The maximum absolute atomic E-state index is 10.7. The van der Waals surface area contributed by atoms with Crippen LogP contribution in [0.3, 0.4) is 0 Å². The Morgan fingerprint density at radius 2 is 2.38 bits per heavy atom. The van der Waals surface area contributed by atoms with Gasteiger partial charge in [0.25, 0.3) is 6.47 Å². The van der Waals surface area contributed by atoms with E-state index in [2.05, 4.69) is 19.9 Å². The van der Waals surface area contributed by atoms with E-state index >= 15 is 0 Å². The molecule has 0 N–H and O–H groups in total. The van der Waals surface area contributed by atoms with Gasteiger partial charge >= 0.3 is 0 Å². The van der Waals surface area contributed by atoms with Crippen LogP contribution >= 0.6 is 0 Å². The van der Waals surface area contributed by atoms with Crippen molar-refractivity contribution in [2.75, 3.05) is 0 Å². The summed E-state index contributed by atoms with van der Waals surface area (Å²) in [6, 6.07) is 0. The van der Waals surface area contributed by atoms with Gasteiger partial charge in [-0.2, -0.15) is 0 Å². The maximum Gasteiger partial charge on any atom is 0.293 e. The van der Waals surface area contributed by atoms with Crippen LogP contribution in [-0.4, -0.2) is 12.6 Å². The molecule has 0 aromatic heterocycles. The van der Waals surface area contributed by atoms with E-state index in [1.54, 1.807) is 0 Å². The summed E-state index contributed by atoms with van der Waals surface area (Å²) in [5.41, 5.74) is 1.83. The smallest absolute Gasteiger partial charge is 0.293 e. The van der Waals surface area contributed by atoms with Crippen LogP contribution in [0, 0.1) is 23.2 Å². The van der Waals surface area contributed by atoms with E-state index in [0.29, 0.717) is 17.8 Å². The van der Waals surface area contributed by atoms with Gasteiger partial charge < -0.3 is 4.74 Å². The van der Waals surface area contributed by atoms with Crippen LogP contribution in [0.5, 0.6) is 0 Å². The molecule has 0 unspecified atom stereocenters. The first-order chi connectivity index (χ1) is 7.69. The molecule has 2 saturated carbocycles. The highest BCUT2D eigenvalue weighted by molar-refractivity contribution is 5.39. The topological polar surface area (TPSA) is 26.3 Å². The number of hydrogen-bond donors (Lipinski definition) is 0. The van der Waals surface area contributed by atoms with Crippen molar-refractivity contribution in [2.45, 2.75) is 45.6 Å². The zero-order valence-electron chi connectivity index (χ0n) is 10.1. The lowest BCUT2D eigenvalue weighted by molar-refractivity contribution is -0.144. The van der Waals surface area contributed by atoms with Gasteiger partial charge in [0.15, 0.2) is 0 Å². The molecule has 0 aliphatic heterocycles. The summed E-state index contributed by atoms with van der Waals surface area (Å²) in [5, 5.41) is 0. The lowest BCUT2D eigenvalue weighted by Gasteiger charge is -2.40. The van der Waals surface area contributed by atoms with Crippen molar-refractivity contribution in [1.29, 1.82) is 0 Å². The van der Waals surface area contributed by atoms with Gasteiger partial charge in [-0.1, -0.05) is 18.6 Å². The zero-order chi connectivity index (χ0) is 11.3. The Labute approximate surface area is 97.1 Å². The van der Waals surface area contributed by atoms with E-state index in [1.165, 1.54) is 24.8 Å². The molecule has 0 aromatic rings. The van der Waals surface area contributed by atoms with Crippen LogP contribution in [0.15, 0.2) is 11.6 Å². The first-order valence-corrected chi connectivity index (χ1v) is 6.44. The van der Waals surface area contributed by atoms with Crippen molar-refractivity contribution in [1.82, 2.24) is 0 Å². The minimum Gasteiger partial charge on any atom is -0.464 e. The number of hydrogen-bond acceptors (Lipinski definition) is 2. The van der Waals surface area contributed by atoms with Crippen LogP contribution in [0.2, 0.25) is 0 Å². The van der Waals surface area contributed by atoms with Crippen molar-refractivity contribution < 1.29 is 9.53 Å². The third kappa shape index (κ3) is 1.11. The molecule has 5 atom stereocenters. The van der Waals surface area contributed by atoms with Crippen molar-refractivity contribution in [3.8, 4) is 0 Å². The molecule has 2 nitrogen and oxygen atoms in total. The molecule has 2 heteroatoms. The van der Waals surface area contributed by atoms with Crippen molar-refractivity contribution in [3.63, 3.8) is 0 Å². The Morgan fingerprint density at radius 1 is 1.56 bits per heavy atom. The Balaban J connectivity index is 1.97. The van der Waals surface area contributed by atoms with Gasteiger partial charge in [-0.05, 0) is 50.4 Å². The van der Waals surface area contributed by atoms with Gasteiger partial charge in [-0.3, -0.25) is 4.79 Å². The minimum atomic E-state index is 0.179. The molecule has 88 valence electrons. The van der Waals surface area contributed by atoms with Gasteiger partial charge in [0, 0.05) is 5.41 Å². The molecule has 3 rings (SSSR count). The van der Waals surface area contributed by atoms with Crippen molar-refractivity contribution in [3.05, 3.63) is 11.6 Å². The second-order valence-corrected chi connectivity index (χ2v) is 6.01. The third-order valence-electron chi connectivity index (χ3n) is 5.49. The Bertz CT molecular complexity index is 347. The molecule has 0 heterocycles. The summed E-state index contributed by atoms with van der Waals surface area (Å²) in [5.74, 6) is 2.12. The zero-order valence-corrected chi connectivity index (χ0v) is 10.1. The molecule has 0 amide bonds. The number of carbonyl (C=O) groups excluding carboxylic acids is 1. The van der Waals surface area contributed by atoms with Crippen LogP contribution in [0.25, 0.3) is 0 Å². The number of ether oxygens (including phenoxy) is 1. The molecule has 16 heavy (non-hydrogen) atoms. The normalized spacial score (nSPS) is 49.8. The van der Waals surface area contributed by atoms with Gasteiger partial charge in [-0.15, -0.1) is 0 Å². The van der Waals surface area contributed by atoms with E-state index < -0.39 is 0 Å². The predicted molar refractivity (Wildman–Crippen MR) is 61.7 cm³/mol. The molecular weight excluding hydrogens is 200 g/mol. The molecule has 2 fully saturated rings. The molecule has 2 bridgehead atoms. The fraction of sp³-hybridized carbons (Fsp3) is 0.786. The van der Waals surface area contributed by atoms with Crippen LogP contribution < -0.4 is 0 Å². The van der Waals surface area contributed by atoms with E-state index in [-0.39, 0.29) is 6.10 Å². The Hall–Kier alpha value is -0.790. The average Bonchev–Trinajstić information content (AvgIpc) is 2.73. The van der Waals surface area contributed by atoms with Crippen LogP contribution in [0.4, 0.5) is 0 Å². The summed E-state index contributed by atoms with van der Waals surface area (Å²) >= 11 is 0. The van der Waals surface area contributed by atoms with Gasteiger partial charge in [-0.25, -0.2) is 0 Å². The summed E-state index contributed by atoms with van der Waals surface area (Å²) in [7, 11) is 0. The number of carbonyl (C=O) groups is 1. The molecule has 0 radical (unpaired) electrons. The number of rotatable bonds is 2. The molecular formula is C14H20O2. The van der Waals surface area contributed by atoms with Crippen LogP contribution in [0.1, 0.15) is 39.5 Å². The molecule has 3 aliphatic carbocycles. The van der Waals surface area contributed by atoms with Gasteiger partial charge in [0.1, 0.15) is 6.10 Å². The molecule has 0 saturated heterocycles. The lowest BCUT2D eigenvalue weighted by Crippen LogP contribution is -2.39. The third-order valence-corrected chi connectivity index (χ3v) is 5.49. The van der Waals surface area contributed by atoms with E-state index in [4.69, 9.17) is 4.74 Å². The molecule has 0 aromatic carbocycles. The Morgan fingerprint density at radius 3 is 3.12 bits per heavy atom. The summed E-state index contributed by atoms with van der Waals surface area (Å²) in [6.45, 7) is 5.18. The standard InChI is InChI=1S/C14H20O2/c1-9-3-5-14-6-4-11(12(14)7-9)10(2)13(14)16-8-15/h3,8,10-13H,4-7H2,1-2H3/t10-,11+,12-,13-,14+/m1/s1. The van der Waals surface area contributed by atoms with Crippen molar-refractivity contribution >= 4 is 6.47 Å². The number of allylic oxidation sites excluding steroid dienone is 2. The summed E-state index contributed by atoms with van der Waals surface area (Å²) < 4.78 is 5.43. The second kappa shape index (κ2) is 3.35. The second-order valence-electron chi connectivity index (χ2n) is 6.01. The fourth-order valence-electron chi connectivity index (χ4n) is 4.82.